The smallest absolute Gasteiger partial charge is 0.267 e. The van der Waals surface area contributed by atoms with E-state index in [9.17, 15) is 9.59 Å². The monoisotopic (exact) mass is 312 g/mol. The third kappa shape index (κ3) is 1.61. The Morgan fingerprint density at radius 3 is 2.82 bits per heavy atom. The topological polar surface area (TPSA) is 79.0 Å². The van der Waals surface area contributed by atoms with Gasteiger partial charge < -0.3 is 0 Å². The predicted molar refractivity (Wildman–Crippen MR) is 81.2 cm³/mol. The molecular formula is C15H9ClN4O2. The van der Waals surface area contributed by atoms with Crippen molar-refractivity contribution in [3.63, 3.8) is 0 Å². The number of amides is 2. The van der Waals surface area contributed by atoms with Crippen molar-refractivity contribution in [2.24, 2.45) is 0 Å². The summed E-state index contributed by atoms with van der Waals surface area (Å²) < 4.78 is 0. The van der Waals surface area contributed by atoms with E-state index in [1.807, 2.05) is 0 Å². The van der Waals surface area contributed by atoms with E-state index in [0.29, 0.717) is 33.0 Å². The lowest BCUT2D eigenvalue weighted by molar-refractivity contribution is 0.0926. The molecule has 7 heteroatoms. The summed E-state index contributed by atoms with van der Waals surface area (Å²) in [5.74, 6) is -0.795. The van der Waals surface area contributed by atoms with Crippen molar-refractivity contribution in [3.05, 3.63) is 52.3 Å². The van der Waals surface area contributed by atoms with Crippen molar-refractivity contribution >= 4 is 40.1 Å². The Hall–Kier alpha value is -2.73. The van der Waals surface area contributed by atoms with Gasteiger partial charge in [-0.25, -0.2) is 9.88 Å². The zero-order valence-electron chi connectivity index (χ0n) is 11.4. The molecule has 6 nitrogen and oxygen atoms in total. The van der Waals surface area contributed by atoms with Crippen molar-refractivity contribution in [2.45, 2.75) is 6.92 Å². The highest BCUT2D eigenvalue weighted by atomic mass is 35.5. The maximum Gasteiger partial charge on any atom is 0.267 e. The molecule has 4 rings (SSSR count). The number of anilines is 1. The molecule has 0 radical (unpaired) electrons. The number of H-pyrrole nitrogens is 1. The van der Waals surface area contributed by atoms with E-state index in [0.717, 1.165) is 4.90 Å². The van der Waals surface area contributed by atoms with E-state index in [4.69, 9.17) is 11.6 Å². The quantitative estimate of drug-likeness (QED) is 0.701. The maximum atomic E-state index is 12.8. The zero-order valence-corrected chi connectivity index (χ0v) is 12.2. The van der Waals surface area contributed by atoms with Gasteiger partial charge in [-0.3, -0.25) is 14.7 Å². The van der Waals surface area contributed by atoms with Crippen molar-refractivity contribution in [3.8, 4) is 0 Å². The molecule has 0 unspecified atom stereocenters. The predicted octanol–water partition coefficient (Wildman–Crippen LogP) is 2.72. The first-order chi connectivity index (χ1) is 10.6. The number of pyridine rings is 1. The molecule has 2 amide bonds. The molecule has 0 saturated heterocycles. The number of imide groups is 1. The molecule has 3 aromatic rings. The first-order valence-electron chi connectivity index (χ1n) is 6.56. The summed E-state index contributed by atoms with van der Waals surface area (Å²) in [6.07, 6.45) is 1.39. The number of aryl methyl sites for hydroxylation is 1. The van der Waals surface area contributed by atoms with Gasteiger partial charge in [-0.1, -0.05) is 17.7 Å². The summed E-state index contributed by atoms with van der Waals surface area (Å²) in [5, 5.41) is 7.86. The fraction of sp³-hybridized carbons (Fsp3) is 0.0667. The number of rotatable bonds is 1. The van der Waals surface area contributed by atoms with Crippen LogP contribution in [-0.2, 0) is 0 Å². The fourth-order valence-corrected chi connectivity index (χ4v) is 2.88. The number of nitrogens with one attached hydrogen (secondary N) is 1. The van der Waals surface area contributed by atoms with E-state index < -0.39 is 5.91 Å². The lowest BCUT2D eigenvalue weighted by atomic mass is 10.1. The standard InChI is InChI=1S/C15H9ClN4O2/c1-7-11-12-10(6-17-13(11)19-18-7)14(21)20(15(12)22)9-4-2-3-8(16)5-9/h2-6H,1H3,(H,17,18,19). The van der Waals surface area contributed by atoms with Gasteiger partial charge in [0.05, 0.1) is 22.2 Å². The highest BCUT2D eigenvalue weighted by Gasteiger charge is 2.39. The summed E-state index contributed by atoms with van der Waals surface area (Å²) in [6.45, 7) is 1.79. The van der Waals surface area contributed by atoms with Gasteiger partial charge in [-0.15, -0.1) is 0 Å². The molecular weight excluding hydrogens is 304 g/mol. The number of halogens is 1. The molecule has 0 saturated carbocycles. The summed E-state index contributed by atoms with van der Waals surface area (Å²) in [4.78, 5) is 30.6. The third-order valence-corrected chi connectivity index (χ3v) is 3.92. The molecule has 0 fully saturated rings. The average Bonchev–Trinajstić information content (AvgIpc) is 2.98. The summed E-state index contributed by atoms with van der Waals surface area (Å²) in [7, 11) is 0. The maximum absolute atomic E-state index is 12.8. The molecule has 1 aliphatic rings. The van der Waals surface area contributed by atoms with Crippen molar-refractivity contribution in [1.29, 1.82) is 0 Å². The summed E-state index contributed by atoms with van der Waals surface area (Å²) >= 11 is 5.96. The number of hydrogen-bond donors (Lipinski definition) is 1. The average molecular weight is 313 g/mol. The third-order valence-electron chi connectivity index (χ3n) is 3.68. The largest absolute Gasteiger partial charge is 0.280 e. The molecule has 0 aliphatic carbocycles. The molecule has 22 heavy (non-hydrogen) atoms. The van der Waals surface area contributed by atoms with Crippen LogP contribution in [0.15, 0.2) is 30.5 Å². The normalized spacial score (nSPS) is 14.0. The number of hydrogen-bond acceptors (Lipinski definition) is 4. The van der Waals surface area contributed by atoms with Crippen LogP contribution in [0.25, 0.3) is 11.0 Å². The van der Waals surface area contributed by atoms with E-state index in [2.05, 4.69) is 15.2 Å². The second-order valence-corrected chi connectivity index (χ2v) is 5.46. The summed E-state index contributed by atoms with van der Waals surface area (Å²) in [5.41, 5.74) is 2.18. The van der Waals surface area contributed by atoms with Crippen LogP contribution in [0.3, 0.4) is 0 Å². The summed E-state index contributed by atoms with van der Waals surface area (Å²) in [6, 6.07) is 6.62. The van der Waals surface area contributed by atoms with E-state index in [1.165, 1.54) is 6.20 Å². The van der Waals surface area contributed by atoms with Gasteiger partial charge in [0.15, 0.2) is 5.65 Å². The van der Waals surface area contributed by atoms with E-state index in [1.54, 1.807) is 31.2 Å². The molecule has 108 valence electrons. The number of carbonyl (C=O) groups excluding carboxylic acids is 2. The zero-order chi connectivity index (χ0) is 15.4. The van der Waals surface area contributed by atoms with Gasteiger partial charge in [0, 0.05) is 16.9 Å². The Morgan fingerprint density at radius 1 is 1.23 bits per heavy atom. The second-order valence-electron chi connectivity index (χ2n) is 5.02. The van der Waals surface area contributed by atoms with Crippen LogP contribution >= 0.6 is 11.6 Å². The SMILES string of the molecule is Cc1[nH]nc2ncc3c(c12)C(=O)N(c1cccc(Cl)c1)C3=O. The number of benzene rings is 1. The highest BCUT2D eigenvalue weighted by molar-refractivity contribution is 6.38. The fourth-order valence-electron chi connectivity index (χ4n) is 2.69. The number of nitrogens with zero attached hydrogens (tertiary/aromatic N) is 3. The Morgan fingerprint density at radius 2 is 2.05 bits per heavy atom. The van der Waals surface area contributed by atoms with Gasteiger partial charge in [0.1, 0.15) is 0 Å². The molecule has 0 spiro atoms. The Bertz CT molecular complexity index is 963. The van der Waals surface area contributed by atoms with Crippen LogP contribution in [0, 0.1) is 6.92 Å². The molecule has 3 heterocycles. The van der Waals surface area contributed by atoms with Gasteiger partial charge in [-0.05, 0) is 25.1 Å². The number of aromatic amines is 1. The van der Waals surface area contributed by atoms with Crippen molar-refractivity contribution in [2.75, 3.05) is 4.90 Å². The van der Waals surface area contributed by atoms with Crippen LogP contribution in [0.1, 0.15) is 26.4 Å². The first-order valence-corrected chi connectivity index (χ1v) is 6.94. The lowest BCUT2D eigenvalue weighted by Crippen LogP contribution is -2.29. The minimum Gasteiger partial charge on any atom is -0.280 e. The molecule has 1 aromatic carbocycles. The van der Waals surface area contributed by atoms with Crippen LogP contribution in [0.5, 0.6) is 0 Å². The minimum atomic E-state index is -0.405. The van der Waals surface area contributed by atoms with E-state index >= 15 is 0 Å². The van der Waals surface area contributed by atoms with Gasteiger partial charge in [0.2, 0.25) is 0 Å². The highest BCUT2D eigenvalue weighted by Crippen LogP contribution is 2.33. The Labute approximate surface area is 129 Å². The Balaban J connectivity index is 1.97. The molecule has 0 bridgehead atoms. The lowest BCUT2D eigenvalue weighted by Gasteiger charge is -2.13. The van der Waals surface area contributed by atoms with Gasteiger partial charge >= 0.3 is 0 Å². The minimum absolute atomic E-state index is 0.280. The van der Waals surface area contributed by atoms with Crippen LogP contribution in [0.4, 0.5) is 5.69 Å². The molecule has 0 atom stereocenters. The molecule has 1 N–H and O–H groups in total. The van der Waals surface area contributed by atoms with Gasteiger partial charge in [0.25, 0.3) is 11.8 Å². The molecule has 1 aliphatic heterocycles. The van der Waals surface area contributed by atoms with Gasteiger partial charge in [-0.2, -0.15) is 5.10 Å². The van der Waals surface area contributed by atoms with Crippen LogP contribution < -0.4 is 4.90 Å². The van der Waals surface area contributed by atoms with Crippen molar-refractivity contribution < 1.29 is 9.59 Å². The first kappa shape index (κ1) is 13.0. The van der Waals surface area contributed by atoms with Crippen LogP contribution in [-0.4, -0.2) is 27.0 Å². The number of fused-ring (bicyclic) bond motifs is 3. The van der Waals surface area contributed by atoms with Crippen LogP contribution in [0.2, 0.25) is 5.02 Å². The number of aromatic nitrogens is 3. The van der Waals surface area contributed by atoms with E-state index in [-0.39, 0.29) is 11.5 Å². The Kier molecular flexibility index (Phi) is 2.58. The number of carbonyl (C=O) groups is 2. The second kappa shape index (κ2) is 4.38. The van der Waals surface area contributed by atoms with Crippen molar-refractivity contribution in [1.82, 2.24) is 15.2 Å². The molecule has 2 aromatic heterocycles.